The Kier molecular flexibility index (Phi) is 5.92. The van der Waals surface area contributed by atoms with E-state index in [0.29, 0.717) is 24.0 Å². The van der Waals surface area contributed by atoms with Crippen LogP contribution in [0.3, 0.4) is 0 Å². The van der Waals surface area contributed by atoms with Crippen LogP contribution in [0, 0.1) is 5.92 Å². The second kappa shape index (κ2) is 7.21. The quantitative estimate of drug-likeness (QED) is 0.784. The van der Waals surface area contributed by atoms with Crippen molar-refractivity contribution in [2.75, 3.05) is 0 Å². The van der Waals surface area contributed by atoms with Crippen molar-refractivity contribution in [1.82, 2.24) is 5.32 Å². The summed E-state index contributed by atoms with van der Waals surface area (Å²) in [6, 6.07) is 3.57. The largest absolute Gasteiger partial charge is 0.455 e. The summed E-state index contributed by atoms with van der Waals surface area (Å²) in [5.74, 6) is 1.52. The van der Waals surface area contributed by atoms with Crippen LogP contribution >= 0.6 is 0 Å². The molecule has 0 aliphatic heterocycles. The Morgan fingerprint density at radius 2 is 2.06 bits per heavy atom. The Morgan fingerprint density at radius 3 is 2.61 bits per heavy atom. The van der Waals surface area contributed by atoms with Gasteiger partial charge in [0, 0.05) is 6.04 Å². The molecule has 0 radical (unpaired) electrons. The van der Waals surface area contributed by atoms with Crippen molar-refractivity contribution >= 4 is 5.91 Å². The van der Waals surface area contributed by atoms with E-state index in [0.717, 1.165) is 12.8 Å². The number of nitrogens with two attached hydrogens (primary N) is 1. The SMILES string of the molecule is CC(C)CCCC(C)NC(=O)c1ccc(CN)o1. The molecule has 0 saturated carbocycles. The minimum atomic E-state index is -0.160. The number of carbonyl (C=O) groups is 1. The van der Waals surface area contributed by atoms with Crippen LogP contribution in [0.5, 0.6) is 0 Å². The molecule has 1 amide bonds. The number of hydrogen-bond donors (Lipinski definition) is 2. The molecule has 1 unspecified atom stereocenters. The monoisotopic (exact) mass is 252 g/mol. The maximum Gasteiger partial charge on any atom is 0.287 e. The molecule has 0 fully saturated rings. The standard InChI is InChI=1S/C14H24N2O2/c1-10(2)5-4-6-11(3)16-14(17)13-8-7-12(9-15)18-13/h7-8,10-11H,4-6,9,15H2,1-3H3,(H,16,17). The van der Waals surface area contributed by atoms with E-state index in [4.69, 9.17) is 10.2 Å². The highest BCUT2D eigenvalue weighted by Crippen LogP contribution is 2.10. The van der Waals surface area contributed by atoms with Gasteiger partial charge in [-0.3, -0.25) is 4.79 Å². The first kappa shape index (κ1) is 14.8. The zero-order valence-electron chi connectivity index (χ0n) is 11.5. The number of furan rings is 1. The average molecular weight is 252 g/mol. The Hall–Kier alpha value is -1.29. The van der Waals surface area contributed by atoms with Gasteiger partial charge in [0.25, 0.3) is 5.91 Å². The van der Waals surface area contributed by atoms with Crippen LogP contribution in [0.4, 0.5) is 0 Å². The second-order valence-electron chi connectivity index (χ2n) is 5.17. The van der Waals surface area contributed by atoms with Gasteiger partial charge in [-0.25, -0.2) is 0 Å². The van der Waals surface area contributed by atoms with Gasteiger partial charge in [0.05, 0.1) is 6.54 Å². The van der Waals surface area contributed by atoms with Gasteiger partial charge in [-0.05, 0) is 31.4 Å². The maximum absolute atomic E-state index is 11.8. The molecule has 0 spiro atoms. The van der Waals surface area contributed by atoms with Crippen molar-refractivity contribution in [3.8, 4) is 0 Å². The molecule has 0 saturated heterocycles. The molecule has 0 aromatic carbocycles. The van der Waals surface area contributed by atoms with Crippen LogP contribution in [0.15, 0.2) is 16.5 Å². The summed E-state index contributed by atoms with van der Waals surface area (Å²) in [5, 5.41) is 2.93. The van der Waals surface area contributed by atoms with Crippen LogP contribution in [-0.4, -0.2) is 11.9 Å². The topological polar surface area (TPSA) is 68.3 Å². The van der Waals surface area contributed by atoms with Gasteiger partial charge in [0.2, 0.25) is 0 Å². The van der Waals surface area contributed by atoms with Gasteiger partial charge in [-0.1, -0.05) is 26.7 Å². The Labute approximate surface area is 109 Å². The first-order chi connectivity index (χ1) is 8.52. The zero-order chi connectivity index (χ0) is 13.5. The van der Waals surface area contributed by atoms with Crippen molar-refractivity contribution in [3.05, 3.63) is 23.7 Å². The average Bonchev–Trinajstić information content (AvgIpc) is 2.76. The summed E-state index contributed by atoms with van der Waals surface area (Å²) in [5.41, 5.74) is 5.43. The van der Waals surface area contributed by atoms with E-state index in [-0.39, 0.29) is 11.9 Å². The lowest BCUT2D eigenvalue weighted by atomic mass is 10.0. The van der Waals surface area contributed by atoms with Gasteiger partial charge in [0.15, 0.2) is 5.76 Å². The van der Waals surface area contributed by atoms with E-state index in [1.54, 1.807) is 12.1 Å². The second-order valence-corrected chi connectivity index (χ2v) is 5.17. The summed E-state index contributed by atoms with van der Waals surface area (Å²) in [6.45, 7) is 6.75. The van der Waals surface area contributed by atoms with Gasteiger partial charge in [-0.2, -0.15) is 0 Å². The van der Waals surface area contributed by atoms with Crippen LogP contribution < -0.4 is 11.1 Å². The Morgan fingerprint density at radius 1 is 1.33 bits per heavy atom. The lowest BCUT2D eigenvalue weighted by Crippen LogP contribution is -2.32. The summed E-state index contributed by atoms with van der Waals surface area (Å²) in [4.78, 5) is 11.8. The first-order valence-electron chi connectivity index (χ1n) is 6.62. The third kappa shape index (κ3) is 4.92. The van der Waals surface area contributed by atoms with E-state index in [1.165, 1.54) is 6.42 Å². The van der Waals surface area contributed by atoms with E-state index < -0.39 is 0 Å². The molecule has 1 aromatic heterocycles. The predicted molar refractivity (Wildman–Crippen MR) is 72.2 cm³/mol. The highest BCUT2D eigenvalue weighted by atomic mass is 16.4. The summed E-state index contributed by atoms with van der Waals surface area (Å²) < 4.78 is 5.30. The molecule has 0 aliphatic rings. The van der Waals surface area contributed by atoms with Gasteiger partial charge < -0.3 is 15.5 Å². The molecule has 4 heteroatoms. The van der Waals surface area contributed by atoms with Gasteiger partial charge >= 0.3 is 0 Å². The minimum absolute atomic E-state index is 0.160. The summed E-state index contributed by atoms with van der Waals surface area (Å²) in [7, 11) is 0. The fourth-order valence-electron chi connectivity index (χ4n) is 1.81. The van der Waals surface area contributed by atoms with Crippen molar-refractivity contribution < 1.29 is 9.21 Å². The van der Waals surface area contributed by atoms with Crippen molar-refractivity contribution in [1.29, 1.82) is 0 Å². The number of hydrogen-bond acceptors (Lipinski definition) is 3. The molecule has 4 nitrogen and oxygen atoms in total. The molecule has 1 aromatic rings. The van der Waals surface area contributed by atoms with E-state index in [2.05, 4.69) is 19.2 Å². The maximum atomic E-state index is 11.8. The number of rotatable bonds is 7. The number of carbonyl (C=O) groups excluding carboxylic acids is 1. The molecular weight excluding hydrogens is 228 g/mol. The fourth-order valence-corrected chi connectivity index (χ4v) is 1.81. The zero-order valence-corrected chi connectivity index (χ0v) is 11.5. The summed E-state index contributed by atoms with van der Waals surface area (Å²) in [6.07, 6.45) is 3.32. The molecule has 1 heterocycles. The Balaban J connectivity index is 2.35. The highest BCUT2D eigenvalue weighted by molar-refractivity contribution is 5.91. The van der Waals surface area contributed by atoms with Crippen LogP contribution in [0.2, 0.25) is 0 Å². The van der Waals surface area contributed by atoms with Crippen LogP contribution in [0.25, 0.3) is 0 Å². The van der Waals surface area contributed by atoms with E-state index >= 15 is 0 Å². The molecular formula is C14H24N2O2. The van der Waals surface area contributed by atoms with Crippen LogP contribution in [0.1, 0.15) is 56.3 Å². The smallest absolute Gasteiger partial charge is 0.287 e. The molecule has 0 aliphatic carbocycles. The molecule has 0 bridgehead atoms. The van der Waals surface area contributed by atoms with Crippen LogP contribution in [-0.2, 0) is 6.54 Å². The molecule has 102 valence electrons. The third-order valence-corrected chi connectivity index (χ3v) is 2.88. The number of amides is 1. The summed E-state index contributed by atoms with van der Waals surface area (Å²) >= 11 is 0. The molecule has 1 rings (SSSR count). The molecule has 1 atom stereocenters. The van der Waals surface area contributed by atoms with Crippen molar-refractivity contribution in [2.45, 2.75) is 52.6 Å². The third-order valence-electron chi connectivity index (χ3n) is 2.88. The molecule has 18 heavy (non-hydrogen) atoms. The highest BCUT2D eigenvalue weighted by Gasteiger charge is 2.13. The lowest BCUT2D eigenvalue weighted by Gasteiger charge is -2.13. The first-order valence-corrected chi connectivity index (χ1v) is 6.62. The molecule has 3 N–H and O–H groups in total. The fraction of sp³-hybridized carbons (Fsp3) is 0.643. The van der Waals surface area contributed by atoms with E-state index in [1.807, 2.05) is 6.92 Å². The minimum Gasteiger partial charge on any atom is -0.455 e. The van der Waals surface area contributed by atoms with Gasteiger partial charge in [0.1, 0.15) is 5.76 Å². The van der Waals surface area contributed by atoms with Crippen molar-refractivity contribution in [3.63, 3.8) is 0 Å². The Bertz CT molecular complexity index is 372. The van der Waals surface area contributed by atoms with Crippen molar-refractivity contribution in [2.24, 2.45) is 11.7 Å². The number of nitrogens with one attached hydrogen (secondary N) is 1. The lowest BCUT2D eigenvalue weighted by molar-refractivity contribution is 0.0908. The van der Waals surface area contributed by atoms with Gasteiger partial charge in [-0.15, -0.1) is 0 Å². The van der Waals surface area contributed by atoms with E-state index in [9.17, 15) is 4.79 Å². The normalized spacial score (nSPS) is 12.7. The predicted octanol–water partition coefficient (Wildman–Crippen LogP) is 2.68.